The van der Waals surface area contributed by atoms with E-state index in [1.807, 2.05) is 58.3 Å². The number of rotatable bonds is 5. The number of anilines is 2. The molecule has 3 heterocycles. The van der Waals surface area contributed by atoms with E-state index in [1.54, 1.807) is 11.8 Å². The van der Waals surface area contributed by atoms with Gasteiger partial charge >= 0.3 is 5.97 Å². The van der Waals surface area contributed by atoms with Crippen molar-refractivity contribution in [2.24, 2.45) is 0 Å². The topological polar surface area (TPSA) is 100 Å². The summed E-state index contributed by atoms with van der Waals surface area (Å²) < 4.78 is 11.8. The molecule has 0 bridgehead atoms. The smallest absolute Gasteiger partial charge is 0.358 e. The number of aliphatic hydroxyl groups excluding tert-OH is 2. The standard InChI is InChI=1S/C26H30N4O5/c1-34-20-12-10-19(11-13-20)30-24-21(23(27-30)26(33)35-2)14-16-29(25(24)32)18-8-6-17(7-9-18)28-15-4-3-5-22(28)31/h6-13,22,25,31-32H,3-5,14-16H2,1-2H3. The molecule has 5 rings (SSSR count). The molecule has 2 atom stereocenters. The van der Waals surface area contributed by atoms with Gasteiger partial charge < -0.3 is 29.5 Å². The van der Waals surface area contributed by atoms with Gasteiger partial charge in [-0.15, -0.1) is 0 Å². The number of benzene rings is 2. The van der Waals surface area contributed by atoms with E-state index in [9.17, 15) is 15.0 Å². The van der Waals surface area contributed by atoms with Crippen LogP contribution in [0.25, 0.3) is 5.69 Å². The van der Waals surface area contributed by atoms with Gasteiger partial charge in [0.15, 0.2) is 11.9 Å². The van der Waals surface area contributed by atoms with Crippen molar-refractivity contribution < 1.29 is 24.5 Å². The largest absolute Gasteiger partial charge is 0.497 e. The number of piperidine rings is 1. The molecule has 0 aliphatic carbocycles. The van der Waals surface area contributed by atoms with Gasteiger partial charge in [0.05, 0.1) is 25.6 Å². The maximum Gasteiger partial charge on any atom is 0.358 e. The number of hydrogen-bond donors (Lipinski definition) is 2. The molecule has 2 N–H and O–H groups in total. The van der Waals surface area contributed by atoms with Gasteiger partial charge in [0.25, 0.3) is 0 Å². The second kappa shape index (κ2) is 9.59. The van der Waals surface area contributed by atoms with Crippen LogP contribution in [0.3, 0.4) is 0 Å². The first-order chi connectivity index (χ1) is 17.0. The van der Waals surface area contributed by atoms with E-state index in [0.717, 1.165) is 37.2 Å². The van der Waals surface area contributed by atoms with E-state index in [-0.39, 0.29) is 5.69 Å². The van der Waals surface area contributed by atoms with Crippen LogP contribution >= 0.6 is 0 Å². The van der Waals surface area contributed by atoms with Gasteiger partial charge in [0.1, 0.15) is 12.0 Å². The lowest BCUT2D eigenvalue weighted by Gasteiger charge is -2.36. The number of fused-ring (bicyclic) bond motifs is 1. The quantitative estimate of drug-likeness (QED) is 0.540. The number of carbonyl (C=O) groups excluding carboxylic acids is 1. The van der Waals surface area contributed by atoms with E-state index >= 15 is 0 Å². The number of aliphatic hydroxyl groups is 2. The summed E-state index contributed by atoms with van der Waals surface area (Å²) in [7, 11) is 2.92. The SMILES string of the molecule is COC(=O)c1nn(-c2ccc(OC)cc2)c2c1CCN(c1ccc(N3CCCCC3O)cc1)C2O. The van der Waals surface area contributed by atoms with Crippen LogP contribution in [-0.4, -0.2) is 59.5 Å². The highest BCUT2D eigenvalue weighted by Gasteiger charge is 2.35. The molecule has 2 unspecified atom stereocenters. The molecule has 0 amide bonds. The Morgan fingerprint density at radius 2 is 1.57 bits per heavy atom. The van der Waals surface area contributed by atoms with E-state index in [0.29, 0.717) is 35.7 Å². The van der Waals surface area contributed by atoms with Crippen LogP contribution in [-0.2, 0) is 11.2 Å². The summed E-state index contributed by atoms with van der Waals surface area (Å²) in [6.07, 6.45) is 1.91. The van der Waals surface area contributed by atoms with E-state index in [4.69, 9.17) is 9.47 Å². The number of aromatic nitrogens is 2. The number of methoxy groups -OCH3 is 2. The molecular weight excluding hydrogens is 448 g/mol. The summed E-state index contributed by atoms with van der Waals surface area (Å²) >= 11 is 0. The molecule has 3 aromatic rings. The lowest BCUT2D eigenvalue weighted by atomic mass is 10.0. The maximum atomic E-state index is 12.5. The van der Waals surface area contributed by atoms with Gasteiger partial charge in [0.2, 0.25) is 0 Å². The third-order valence-electron chi connectivity index (χ3n) is 6.85. The van der Waals surface area contributed by atoms with E-state index < -0.39 is 18.4 Å². The maximum absolute atomic E-state index is 12.5. The Kier molecular flexibility index (Phi) is 6.36. The third kappa shape index (κ3) is 4.21. The summed E-state index contributed by atoms with van der Waals surface area (Å²) in [5.41, 5.74) is 3.95. The van der Waals surface area contributed by atoms with Gasteiger partial charge in [-0.3, -0.25) is 0 Å². The van der Waals surface area contributed by atoms with E-state index in [1.165, 1.54) is 7.11 Å². The lowest BCUT2D eigenvalue weighted by molar-refractivity contribution is 0.0592. The van der Waals surface area contributed by atoms with Crippen molar-refractivity contribution in [2.75, 3.05) is 37.1 Å². The van der Waals surface area contributed by atoms with Crippen LogP contribution in [0.15, 0.2) is 48.5 Å². The van der Waals surface area contributed by atoms with Crippen LogP contribution in [0.2, 0.25) is 0 Å². The van der Waals surface area contributed by atoms with Gasteiger partial charge in [-0.25, -0.2) is 9.48 Å². The van der Waals surface area contributed by atoms with Gasteiger partial charge in [-0.05, 0) is 74.2 Å². The molecule has 2 aromatic carbocycles. The van der Waals surface area contributed by atoms with Crippen LogP contribution in [0.4, 0.5) is 11.4 Å². The average Bonchev–Trinajstić information content (AvgIpc) is 3.29. The van der Waals surface area contributed by atoms with Crippen LogP contribution in [0.1, 0.15) is 47.2 Å². The van der Waals surface area contributed by atoms with Crippen LogP contribution < -0.4 is 14.5 Å². The van der Waals surface area contributed by atoms with Gasteiger partial charge in [0, 0.05) is 30.0 Å². The van der Waals surface area contributed by atoms with E-state index in [2.05, 4.69) is 5.10 Å². The Labute approximate surface area is 204 Å². The zero-order valence-electron chi connectivity index (χ0n) is 19.9. The average molecular weight is 479 g/mol. The molecule has 184 valence electrons. The predicted molar refractivity (Wildman–Crippen MR) is 131 cm³/mol. The van der Waals surface area contributed by atoms with Crippen molar-refractivity contribution in [2.45, 2.75) is 38.1 Å². The summed E-state index contributed by atoms with van der Waals surface area (Å²) in [4.78, 5) is 16.4. The predicted octanol–water partition coefficient (Wildman–Crippen LogP) is 3.03. The van der Waals surface area contributed by atoms with Crippen LogP contribution in [0, 0.1) is 0 Å². The van der Waals surface area contributed by atoms with Crippen molar-refractivity contribution in [3.63, 3.8) is 0 Å². The Balaban J connectivity index is 1.49. The summed E-state index contributed by atoms with van der Waals surface area (Å²) in [5.74, 6) is 0.169. The highest BCUT2D eigenvalue weighted by Crippen LogP contribution is 2.36. The van der Waals surface area contributed by atoms with Crippen molar-refractivity contribution >= 4 is 17.3 Å². The zero-order chi connectivity index (χ0) is 24.5. The first kappa shape index (κ1) is 23.2. The number of ether oxygens (including phenoxy) is 2. The molecule has 9 nitrogen and oxygen atoms in total. The normalized spacial score (nSPS) is 19.9. The number of nitrogens with zero attached hydrogens (tertiary/aromatic N) is 4. The van der Waals surface area contributed by atoms with Crippen molar-refractivity contribution in [1.29, 1.82) is 0 Å². The number of carbonyl (C=O) groups is 1. The second-order valence-corrected chi connectivity index (χ2v) is 8.82. The Morgan fingerprint density at radius 1 is 0.914 bits per heavy atom. The van der Waals surface area contributed by atoms with Gasteiger partial charge in [-0.1, -0.05) is 0 Å². The third-order valence-corrected chi connectivity index (χ3v) is 6.85. The molecule has 0 radical (unpaired) electrons. The molecule has 9 heteroatoms. The van der Waals surface area contributed by atoms with Crippen molar-refractivity contribution in [3.8, 4) is 11.4 Å². The summed E-state index contributed by atoms with van der Waals surface area (Å²) in [5, 5.41) is 26.4. The highest BCUT2D eigenvalue weighted by molar-refractivity contribution is 5.89. The molecule has 35 heavy (non-hydrogen) atoms. The fourth-order valence-electron chi connectivity index (χ4n) is 4.98. The fourth-order valence-corrected chi connectivity index (χ4v) is 4.98. The molecular formula is C26H30N4O5. The number of hydrogen-bond acceptors (Lipinski definition) is 8. The molecule has 2 aliphatic rings. The first-order valence-corrected chi connectivity index (χ1v) is 11.9. The molecule has 1 saturated heterocycles. The highest BCUT2D eigenvalue weighted by atomic mass is 16.5. The molecule has 0 saturated carbocycles. The molecule has 1 fully saturated rings. The molecule has 2 aliphatic heterocycles. The summed E-state index contributed by atoms with van der Waals surface area (Å²) in [6.45, 7) is 1.34. The Bertz CT molecular complexity index is 1190. The summed E-state index contributed by atoms with van der Waals surface area (Å²) in [6, 6.07) is 15.2. The lowest BCUT2D eigenvalue weighted by Crippen LogP contribution is -2.39. The second-order valence-electron chi connectivity index (χ2n) is 8.82. The van der Waals surface area contributed by atoms with Crippen molar-refractivity contribution in [1.82, 2.24) is 9.78 Å². The minimum Gasteiger partial charge on any atom is -0.497 e. The Morgan fingerprint density at radius 3 is 2.20 bits per heavy atom. The van der Waals surface area contributed by atoms with Crippen molar-refractivity contribution in [3.05, 3.63) is 65.5 Å². The first-order valence-electron chi connectivity index (χ1n) is 11.9. The molecule has 0 spiro atoms. The fraction of sp³-hybridized carbons (Fsp3) is 0.385. The zero-order valence-corrected chi connectivity index (χ0v) is 19.9. The minimum atomic E-state index is -1.02. The number of esters is 1. The Hall–Kier alpha value is -3.56. The van der Waals surface area contributed by atoms with Crippen LogP contribution in [0.5, 0.6) is 5.75 Å². The monoisotopic (exact) mass is 478 g/mol. The molecule has 1 aromatic heterocycles. The van der Waals surface area contributed by atoms with Gasteiger partial charge in [-0.2, -0.15) is 5.10 Å². The minimum absolute atomic E-state index is 0.214.